The maximum absolute atomic E-state index is 12.2. The normalized spacial score (nSPS) is 17.3. The number of halogens is 4. The van der Waals surface area contributed by atoms with Crippen LogP contribution in [-0.2, 0) is 6.54 Å². The number of alkyl halides is 3. The molecule has 0 unspecified atom stereocenters. The standard InChI is InChI=1S/C11H13ClF3N3O/c1-10(2-3-10)5-16-7-4-17-18(6-11(13,14)15)9(19)8(7)12/h4,16H,2-3,5-6H2,1H3. The minimum absolute atomic E-state index is 0.185. The molecular weight excluding hydrogens is 283 g/mol. The molecule has 1 heterocycles. The van der Waals surface area contributed by atoms with Crippen LogP contribution in [0.15, 0.2) is 11.0 Å². The third-order valence-corrected chi connectivity index (χ3v) is 3.49. The highest BCUT2D eigenvalue weighted by Gasteiger charge is 2.37. The average molecular weight is 296 g/mol. The van der Waals surface area contributed by atoms with E-state index in [9.17, 15) is 18.0 Å². The first-order valence-electron chi connectivity index (χ1n) is 5.76. The molecule has 0 saturated heterocycles. The quantitative estimate of drug-likeness (QED) is 0.929. The predicted molar refractivity (Wildman–Crippen MR) is 65.4 cm³/mol. The average Bonchev–Trinajstić information content (AvgIpc) is 3.01. The molecule has 0 aliphatic heterocycles. The van der Waals surface area contributed by atoms with Gasteiger partial charge in [0.15, 0.2) is 0 Å². The van der Waals surface area contributed by atoms with E-state index in [1.54, 1.807) is 0 Å². The van der Waals surface area contributed by atoms with Gasteiger partial charge in [0, 0.05) is 6.54 Å². The molecule has 8 heteroatoms. The smallest absolute Gasteiger partial charge is 0.382 e. The summed E-state index contributed by atoms with van der Waals surface area (Å²) < 4.78 is 36.9. The molecule has 1 aliphatic carbocycles. The second-order valence-electron chi connectivity index (χ2n) is 5.11. The minimum atomic E-state index is -4.50. The summed E-state index contributed by atoms with van der Waals surface area (Å²) in [6.45, 7) is 1.26. The summed E-state index contributed by atoms with van der Waals surface area (Å²) in [6, 6.07) is 0. The first kappa shape index (κ1) is 14.2. The molecule has 1 saturated carbocycles. The van der Waals surface area contributed by atoms with Gasteiger partial charge in [0.05, 0.1) is 11.9 Å². The molecule has 19 heavy (non-hydrogen) atoms. The molecule has 4 nitrogen and oxygen atoms in total. The van der Waals surface area contributed by atoms with Crippen LogP contribution >= 0.6 is 11.6 Å². The molecule has 0 spiro atoms. The molecule has 1 aliphatic rings. The van der Waals surface area contributed by atoms with Gasteiger partial charge in [0.2, 0.25) is 0 Å². The van der Waals surface area contributed by atoms with Crippen LogP contribution in [0.25, 0.3) is 0 Å². The van der Waals surface area contributed by atoms with Crippen LogP contribution in [0.1, 0.15) is 19.8 Å². The van der Waals surface area contributed by atoms with Gasteiger partial charge in [-0.2, -0.15) is 18.3 Å². The summed E-state index contributed by atoms with van der Waals surface area (Å²) in [5.74, 6) is 0. The van der Waals surface area contributed by atoms with Gasteiger partial charge < -0.3 is 5.32 Å². The molecule has 1 aromatic rings. The molecule has 0 radical (unpaired) electrons. The number of aromatic nitrogens is 2. The highest BCUT2D eigenvalue weighted by molar-refractivity contribution is 6.32. The fourth-order valence-corrected chi connectivity index (χ4v) is 1.78. The lowest BCUT2D eigenvalue weighted by atomic mass is 10.1. The second-order valence-corrected chi connectivity index (χ2v) is 5.49. The lowest BCUT2D eigenvalue weighted by Crippen LogP contribution is -2.31. The number of nitrogens with zero attached hydrogens (tertiary/aromatic N) is 2. The van der Waals surface area contributed by atoms with Crippen molar-refractivity contribution >= 4 is 17.3 Å². The van der Waals surface area contributed by atoms with Crippen LogP contribution in [0.2, 0.25) is 5.02 Å². The van der Waals surface area contributed by atoms with Gasteiger partial charge in [-0.1, -0.05) is 18.5 Å². The highest BCUT2D eigenvalue weighted by atomic mass is 35.5. The van der Waals surface area contributed by atoms with Crippen molar-refractivity contribution in [3.63, 3.8) is 0 Å². The molecule has 106 valence electrons. The largest absolute Gasteiger partial charge is 0.408 e. The third-order valence-electron chi connectivity index (χ3n) is 3.12. The van der Waals surface area contributed by atoms with Crippen molar-refractivity contribution in [2.45, 2.75) is 32.5 Å². The molecule has 0 aromatic carbocycles. The van der Waals surface area contributed by atoms with Crippen molar-refractivity contribution in [2.75, 3.05) is 11.9 Å². The molecule has 1 fully saturated rings. The summed E-state index contributed by atoms with van der Waals surface area (Å²) in [5, 5.41) is 6.18. The number of nitrogens with one attached hydrogen (secondary N) is 1. The Morgan fingerprint density at radius 2 is 2.16 bits per heavy atom. The topological polar surface area (TPSA) is 46.9 Å². The summed E-state index contributed by atoms with van der Waals surface area (Å²) in [5.41, 5.74) is -0.479. The molecule has 0 amide bonds. The van der Waals surface area contributed by atoms with E-state index in [1.165, 1.54) is 0 Å². The van der Waals surface area contributed by atoms with Crippen molar-refractivity contribution in [3.05, 3.63) is 21.6 Å². The maximum Gasteiger partial charge on any atom is 0.408 e. The van der Waals surface area contributed by atoms with E-state index in [0.717, 1.165) is 19.0 Å². The lowest BCUT2D eigenvalue weighted by Gasteiger charge is -2.14. The van der Waals surface area contributed by atoms with Crippen LogP contribution < -0.4 is 10.9 Å². The molecule has 1 aromatic heterocycles. The van der Waals surface area contributed by atoms with Crippen LogP contribution in [0.5, 0.6) is 0 Å². The Morgan fingerprint density at radius 3 is 2.68 bits per heavy atom. The van der Waals surface area contributed by atoms with E-state index in [4.69, 9.17) is 11.6 Å². The van der Waals surface area contributed by atoms with Crippen molar-refractivity contribution in [3.8, 4) is 0 Å². The molecule has 0 bridgehead atoms. The second kappa shape index (κ2) is 4.70. The lowest BCUT2D eigenvalue weighted by molar-refractivity contribution is -0.143. The first-order chi connectivity index (χ1) is 8.70. The molecule has 0 atom stereocenters. The Labute approximate surface area is 112 Å². The van der Waals surface area contributed by atoms with Gasteiger partial charge in [-0.15, -0.1) is 0 Å². The SMILES string of the molecule is CC1(CNc2cnn(CC(F)(F)F)c(=O)c2Cl)CC1. The van der Waals surface area contributed by atoms with Gasteiger partial charge in [-0.3, -0.25) is 4.79 Å². The minimum Gasteiger partial charge on any atom is -0.382 e. The Kier molecular flexibility index (Phi) is 3.51. The van der Waals surface area contributed by atoms with E-state index < -0.39 is 18.3 Å². The Bertz CT molecular complexity index is 537. The highest BCUT2D eigenvalue weighted by Crippen LogP contribution is 2.44. The summed E-state index contributed by atoms with van der Waals surface area (Å²) in [6.07, 6.45) is -1.19. The summed E-state index contributed by atoms with van der Waals surface area (Å²) >= 11 is 5.77. The first-order valence-corrected chi connectivity index (χ1v) is 6.14. The van der Waals surface area contributed by atoms with E-state index in [1.807, 2.05) is 0 Å². The zero-order valence-corrected chi connectivity index (χ0v) is 11.0. The number of hydrogen-bond donors (Lipinski definition) is 1. The van der Waals surface area contributed by atoms with Crippen LogP contribution in [0, 0.1) is 5.41 Å². The van der Waals surface area contributed by atoms with Crippen molar-refractivity contribution in [1.29, 1.82) is 0 Å². The van der Waals surface area contributed by atoms with Gasteiger partial charge in [0.25, 0.3) is 5.56 Å². The van der Waals surface area contributed by atoms with E-state index in [0.29, 0.717) is 11.2 Å². The van der Waals surface area contributed by atoms with Crippen LogP contribution in [-0.4, -0.2) is 22.5 Å². The van der Waals surface area contributed by atoms with E-state index >= 15 is 0 Å². The fourth-order valence-electron chi connectivity index (χ4n) is 1.57. The van der Waals surface area contributed by atoms with Gasteiger partial charge in [0.1, 0.15) is 11.6 Å². The Balaban J connectivity index is 2.15. The third kappa shape index (κ3) is 3.62. The van der Waals surface area contributed by atoms with Gasteiger partial charge >= 0.3 is 6.18 Å². The molecule has 2 rings (SSSR count). The van der Waals surface area contributed by atoms with Gasteiger partial charge in [-0.25, -0.2) is 4.68 Å². The Morgan fingerprint density at radius 1 is 1.53 bits per heavy atom. The summed E-state index contributed by atoms with van der Waals surface area (Å²) in [7, 11) is 0. The van der Waals surface area contributed by atoms with Crippen molar-refractivity contribution < 1.29 is 13.2 Å². The van der Waals surface area contributed by atoms with Crippen molar-refractivity contribution in [1.82, 2.24) is 9.78 Å². The van der Waals surface area contributed by atoms with Gasteiger partial charge in [-0.05, 0) is 18.3 Å². The monoisotopic (exact) mass is 295 g/mol. The molecular formula is C11H13ClF3N3O. The number of rotatable bonds is 4. The number of hydrogen-bond acceptors (Lipinski definition) is 3. The molecule has 1 N–H and O–H groups in total. The van der Waals surface area contributed by atoms with E-state index in [-0.39, 0.29) is 16.1 Å². The Hall–Kier alpha value is -1.24. The van der Waals surface area contributed by atoms with Crippen LogP contribution in [0.4, 0.5) is 18.9 Å². The fraction of sp³-hybridized carbons (Fsp3) is 0.636. The van der Waals surface area contributed by atoms with E-state index in [2.05, 4.69) is 17.3 Å². The maximum atomic E-state index is 12.2. The van der Waals surface area contributed by atoms with Crippen LogP contribution in [0.3, 0.4) is 0 Å². The zero-order valence-electron chi connectivity index (χ0n) is 10.2. The zero-order chi connectivity index (χ0) is 14.3. The predicted octanol–water partition coefficient (Wildman–Crippen LogP) is 2.67. The van der Waals surface area contributed by atoms with Crippen molar-refractivity contribution in [2.24, 2.45) is 5.41 Å². The number of anilines is 1. The summed E-state index contributed by atoms with van der Waals surface area (Å²) in [4.78, 5) is 11.6.